The second-order valence-electron chi connectivity index (χ2n) is 5.50. The highest BCUT2D eigenvalue weighted by molar-refractivity contribution is 7.16. The van der Waals surface area contributed by atoms with Crippen molar-refractivity contribution in [3.05, 3.63) is 45.6 Å². The van der Waals surface area contributed by atoms with Crippen molar-refractivity contribution in [3.63, 3.8) is 0 Å². The summed E-state index contributed by atoms with van der Waals surface area (Å²) in [6, 6.07) is 6.64. The van der Waals surface area contributed by atoms with Gasteiger partial charge in [-0.15, -0.1) is 11.3 Å². The van der Waals surface area contributed by atoms with E-state index in [0.717, 1.165) is 22.4 Å². The van der Waals surface area contributed by atoms with Crippen molar-refractivity contribution in [2.75, 3.05) is 0 Å². The molecule has 0 saturated heterocycles. The van der Waals surface area contributed by atoms with Crippen molar-refractivity contribution in [2.45, 2.75) is 20.3 Å². The summed E-state index contributed by atoms with van der Waals surface area (Å²) < 4.78 is 0. The van der Waals surface area contributed by atoms with Crippen LogP contribution in [0.2, 0.25) is 0 Å². The molecule has 1 aromatic carbocycles. The predicted molar refractivity (Wildman–Crippen MR) is 85.9 cm³/mol. The second-order valence-corrected chi connectivity index (χ2v) is 6.36. The van der Waals surface area contributed by atoms with Crippen molar-refractivity contribution < 1.29 is 5.11 Å². The number of rotatable bonds is 3. The van der Waals surface area contributed by atoms with E-state index < -0.39 is 0 Å². The maximum Gasteiger partial charge on any atom is 0.260 e. The lowest BCUT2D eigenvalue weighted by Crippen LogP contribution is -2.10. The number of aromatic amines is 1. The van der Waals surface area contributed by atoms with Crippen LogP contribution in [-0.2, 0) is 6.42 Å². The SMILES string of the molecule is CC(C)Cc1csc2nc(-c3ccc(O)cc3)[nH]c(=O)c12. The summed E-state index contributed by atoms with van der Waals surface area (Å²) in [4.78, 5) is 20.5. The Kier molecular flexibility index (Phi) is 3.51. The molecule has 108 valence electrons. The Morgan fingerprint density at radius 1 is 1.29 bits per heavy atom. The van der Waals surface area contributed by atoms with Crippen LogP contribution in [0.15, 0.2) is 34.4 Å². The van der Waals surface area contributed by atoms with E-state index in [1.807, 2.05) is 5.38 Å². The second kappa shape index (κ2) is 5.33. The van der Waals surface area contributed by atoms with Crippen LogP contribution < -0.4 is 5.56 Å². The van der Waals surface area contributed by atoms with E-state index in [4.69, 9.17) is 0 Å². The molecular formula is C16H16N2O2S. The number of nitrogens with zero attached hydrogens (tertiary/aromatic N) is 1. The van der Waals surface area contributed by atoms with E-state index in [1.54, 1.807) is 24.3 Å². The monoisotopic (exact) mass is 300 g/mol. The smallest absolute Gasteiger partial charge is 0.260 e. The van der Waals surface area contributed by atoms with Gasteiger partial charge >= 0.3 is 0 Å². The Labute approximate surface area is 126 Å². The van der Waals surface area contributed by atoms with Crippen LogP contribution in [0.5, 0.6) is 5.75 Å². The molecule has 0 aliphatic carbocycles. The van der Waals surface area contributed by atoms with Crippen molar-refractivity contribution in [3.8, 4) is 17.1 Å². The zero-order valence-corrected chi connectivity index (χ0v) is 12.7. The predicted octanol–water partition coefficient (Wildman–Crippen LogP) is 3.56. The molecule has 0 atom stereocenters. The van der Waals surface area contributed by atoms with Crippen LogP contribution in [0.25, 0.3) is 21.6 Å². The fourth-order valence-electron chi connectivity index (χ4n) is 2.35. The minimum atomic E-state index is -0.0972. The van der Waals surface area contributed by atoms with Gasteiger partial charge in [0.15, 0.2) is 0 Å². The van der Waals surface area contributed by atoms with Gasteiger partial charge in [0.1, 0.15) is 16.4 Å². The van der Waals surface area contributed by atoms with E-state index >= 15 is 0 Å². The molecule has 0 spiro atoms. The molecule has 3 aromatic rings. The number of benzene rings is 1. The molecule has 5 heteroatoms. The molecule has 21 heavy (non-hydrogen) atoms. The number of aromatic hydroxyl groups is 1. The van der Waals surface area contributed by atoms with Gasteiger partial charge in [-0.25, -0.2) is 4.98 Å². The van der Waals surface area contributed by atoms with Gasteiger partial charge in [-0.05, 0) is 47.5 Å². The Balaban J connectivity index is 2.12. The van der Waals surface area contributed by atoms with Gasteiger partial charge in [0, 0.05) is 5.56 Å². The molecule has 2 N–H and O–H groups in total. The van der Waals surface area contributed by atoms with Gasteiger partial charge < -0.3 is 10.1 Å². The normalized spacial score (nSPS) is 11.4. The lowest BCUT2D eigenvalue weighted by atomic mass is 10.0. The maximum absolute atomic E-state index is 12.4. The van der Waals surface area contributed by atoms with Crippen LogP contribution in [-0.4, -0.2) is 15.1 Å². The molecule has 0 saturated carbocycles. The van der Waals surface area contributed by atoms with Crippen molar-refractivity contribution in [1.29, 1.82) is 0 Å². The summed E-state index contributed by atoms with van der Waals surface area (Å²) in [5, 5.41) is 12.1. The number of hydrogen-bond donors (Lipinski definition) is 2. The van der Waals surface area contributed by atoms with Crippen LogP contribution in [0.4, 0.5) is 0 Å². The zero-order valence-electron chi connectivity index (χ0n) is 11.9. The number of hydrogen-bond acceptors (Lipinski definition) is 4. The largest absolute Gasteiger partial charge is 0.508 e. The topological polar surface area (TPSA) is 66.0 Å². The third-order valence-corrected chi connectivity index (χ3v) is 4.21. The molecule has 3 rings (SSSR count). The van der Waals surface area contributed by atoms with Crippen molar-refractivity contribution in [1.82, 2.24) is 9.97 Å². The summed E-state index contributed by atoms with van der Waals surface area (Å²) >= 11 is 1.50. The quantitative estimate of drug-likeness (QED) is 0.777. The number of phenols is 1. The maximum atomic E-state index is 12.4. The zero-order chi connectivity index (χ0) is 15.0. The van der Waals surface area contributed by atoms with Gasteiger partial charge in [0.2, 0.25) is 0 Å². The highest BCUT2D eigenvalue weighted by Gasteiger charge is 2.13. The molecule has 4 nitrogen and oxygen atoms in total. The van der Waals surface area contributed by atoms with Crippen LogP contribution in [0.1, 0.15) is 19.4 Å². The highest BCUT2D eigenvalue weighted by Crippen LogP contribution is 2.26. The molecule has 0 aliphatic heterocycles. The summed E-state index contributed by atoms with van der Waals surface area (Å²) in [5.41, 5.74) is 1.75. The van der Waals surface area contributed by atoms with Gasteiger partial charge in [0.25, 0.3) is 5.56 Å². The number of phenolic OH excluding ortho intramolecular Hbond substituents is 1. The number of aromatic nitrogens is 2. The van der Waals surface area contributed by atoms with Crippen molar-refractivity contribution in [2.24, 2.45) is 5.92 Å². The Hall–Kier alpha value is -2.14. The van der Waals surface area contributed by atoms with E-state index in [1.165, 1.54) is 11.3 Å². The van der Waals surface area contributed by atoms with E-state index in [-0.39, 0.29) is 11.3 Å². The molecule has 0 aliphatic rings. The number of H-pyrrole nitrogens is 1. The Bertz CT molecular complexity index is 832. The molecule has 2 heterocycles. The summed E-state index contributed by atoms with van der Waals surface area (Å²) in [6.07, 6.45) is 0.878. The molecule has 0 bridgehead atoms. The first-order valence-corrected chi connectivity index (χ1v) is 7.72. The molecule has 0 unspecified atom stereocenters. The minimum Gasteiger partial charge on any atom is -0.508 e. The fraction of sp³-hybridized carbons (Fsp3) is 0.250. The van der Waals surface area contributed by atoms with E-state index in [0.29, 0.717) is 17.1 Å². The van der Waals surface area contributed by atoms with E-state index in [9.17, 15) is 9.90 Å². The van der Waals surface area contributed by atoms with Crippen LogP contribution in [0.3, 0.4) is 0 Å². The Morgan fingerprint density at radius 2 is 2.00 bits per heavy atom. The number of thiophene rings is 1. The number of nitrogens with one attached hydrogen (secondary N) is 1. The summed E-state index contributed by atoms with van der Waals surface area (Å²) in [6.45, 7) is 4.27. The first-order chi connectivity index (χ1) is 10.0. The average Bonchev–Trinajstić information content (AvgIpc) is 2.82. The molecule has 0 radical (unpaired) electrons. The van der Waals surface area contributed by atoms with E-state index in [2.05, 4.69) is 23.8 Å². The first kappa shape index (κ1) is 13.8. The summed E-state index contributed by atoms with van der Waals surface area (Å²) in [7, 11) is 0. The standard InChI is InChI=1S/C16H16N2O2S/c1-9(2)7-11-8-21-16-13(11)15(20)17-14(18-16)10-3-5-12(19)6-4-10/h3-6,8-9,19H,7H2,1-2H3,(H,17,18,20). The minimum absolute atomic E-state index is 0.0972. The molecule has 0 amide bonds. The third kappa shape index (κ3) is 2.69. The van der Waals surface area contributed by atoms with Gasteiger partial charge in [-0.1, -0.05) is 13.8 Å². The summed E-state index contributed by atoms with van der Waals surface area (Å²) in [5.74, 6) is 1.22. The van der Waals surface area contributed by atoms with Gasteiger partial charge in [-0.3, -0.25) is 4.79 Å². The molecular weight excluding hydrogens is 284 g/mol. The lowest BCUT2D eigenvalue weighted by Gasteiger charge is -2.04. The van der Waals surface area contributed by atoms with Gasteiger partial charge in [0.05, 0.1) is 5.39 Å². The van der Waals surface area contributed by atoms with Crippen molar-refractivity contribution >= 4 is 21.6 Å². The molecule has 2 aromatic heterocycles. The van der Waals surface area contributed by atoms with Crippen LogP contribution in [0, 0.1) is 5.92 Å². The lowest BCUT2D eigenvalue weighted by molar-refractivity contribution is 0.475. The average molecular weight is 300 g/mol. The van der Waals surface area contributed by atoms with Gasteiger partial charge in [-0.2, -0.15) is 0 Å². The van der Waals surface area contributed by atoms with Crippen LogP contribution >= 0.6 is 11.3 Å². The third-order valence-electron chi connectivity index (χ3n) is 3.29. The Morgan fingerprint density at radius 3 is 2.67 bits per heavy atom. The first-order valence-electron chi connectivity index (χ1n) is 6.84. The fourth-order valence-corrected chi connectivity index (χ4v) is 3.31. The number of fused-ring (bicyclic) bond motifs is 1. The highest BCUT2D eigenvalue weighted by atomic mass is 32.1. The molecule has 0 fully saturated rings.